The zero-order valence-electron chi connectivity index (χ0n) is 10.8. The number of Topliss-reactive ketones (excluding diaryl/α,β-unsaturated/α-hetero) is 1. The van der Waals surface area contributed by atoms with Gasteiger partial charge in [-0.05, 0) is 43.1 Å². The molecule has 2 aliphatic rings. The fourth-order valence-electron chi connectivity index (χ4n) is 3.21. The highest BCUT2D eigenvalue weighted by Gasteiger charge is 2.36. The Bertz CT molecular complexity index is 371. The molecule has 0 heterocycles. The van der Waals surface area contributed by atoms with Crippen LogP contribution in [0.15, 0.2) is 23.3 Å². The summed E-state index contributed by atoms with van der Waals surface area (Å²) in [5, 5.41) is 0. The van der Waals surface area contributed by atoms with E-state index in [0.29, 0.717) is 11.7 Å². The first-order chi connectivity index (χ1) is 7.42. The quantitative estimate of drug-likeness (QED) is 0.652. The molecule has 0 fully saturated rings. The number of carbonyl (C=O) groups is 1. The Morgan fingerprint density at radius 2 is 2.06 bits per heavy atom. The fourth-order valence-corrected chi connectivity index (χ4v) is 3.21. The van der Waals surface area contributed by atoms with E-state index in [9.17, 15) is 4.79 Å². The summed E-state index contributed by atoms with van der Waals surface area (Å²) >= 11 is 0. The van der Waals surface area contributed by atoms with Crippen LogP contribution in [0.4, 0.5) is 0 Å². The lowest BCUT2D eigenvalue weighted by atomic mass is 9.65. The van der Waals surface area contributed by atoms with Gasteiger partial charge in [0.1, 0.15) is 5.78 Å². The minimum atomic E-state index is 0.254. The maximum atomic E-state index is 11.7. The molecule has 0 bridgehead atoms. The normalized spacial score (nSPS) is 32.5. The summed E-state index contributed by atoms with van der Waals surface area (Å²) in [6, 6.07) is 0. The number of hydrogen-bond acceptors (Lipinski definition) is 1. The highest BCUT2D eigenvalue weighted by atomic mass is 16.1. The van der Waals surface area contributed by atoms with Gasteiger partial charge in [0, 0.05) is 5.92 Å². The summed E-state index contributed by atoms with van der Waals surface area (Å²) in [6.45, 7) is 8.57. The summed E-state index contributed by atoms with van der Waals surface area (Å²) in [5.74, 6) is 1.13. The predicted molar refractivity (Wildman–Crippen MR) is 67.1 cm³/mol. The van der Waals surface area contributed by atoms with Crippen LogP contribution in [0.3, 0.4) is 0 Å². The Kier molecular flexibility index (Phi) is 2.81. The van der Waals surface area contributed by atoms with Crippen molar-refractivity contribution in [3.05, 3.63) is 23.3 Å². The minimum Gasteiger partial charge on any atom is -0.300 e. The average Bonchev–Trinajstić information content (AvgIpc) is 2.15. The Labute approximate surface area is 98.6 Å². The molecule has 0 amide bonds. The van der Waals surface area contributed by atoms with Gasteiger partial charge >= 0.3 is 0 Å². The van der Waals surface area contributed by atoms with Gasteiger partial charge in [0.15, 0.2) is 0 Å². The molecule has 1 nitrogen and oxygen atoms in total. The van der Waals surface area contributed by atoms with Gasteiger partial charge in [0.2, 0.25) is 0 Å². The Morgan fingerprint density at radius 3 is 2.69 bits per heavy atom. The van der Waals surface area contributed by atoms with Crippen LogP contribution < -0.4 is 0 Å². The van der Waals surface area contributed by atoms with Crippen LogP contribution in [0.1, 0.15) is 47.0 Å². The molecule has 16 heavy (non-hydrogen) atoms. The number of ketones is 1. The molecule has 0 aromatic rings. The molecule has 0 N–H and O–H groups in total. The molecule has 0 saturated heterocycles. The maximum absolute atomic E-state index is 11.7. The van der Waals surface area contributed by atoms with Crippen molar-refractivity contribution >= 4 is 5.78 Å². The molecule has 2 aliphatic carbocycles. The van der Waals surface area contributed by atoms with Crippen LogP contribution in [0.25, 0.3) is 0 Å². The molecular weight excluding hydrogens is 196 g/mol. The lowest BCUT2D eigenvalue weighted by Gasteiger charge is -2.40. The second-order valence-electron chi connectivity index (χ2n) is 6.10. The number of carbonyl (C=O) groups excluding carboxylic acids is 1. The Hall–Kier alpha value is -0.850. The van der Waals surface area contributed by atoms with Gasteiger partial charge < -0.3 is 0 Å². The van der Waals surface area contributed by atoms with E-state index in [2.05, 4.69) is 32.9 Å². The van der Waals surface area contributed by atoms with Crippen molar-refractivity contribution in [3.63, 3.8) is 0 Å². The van der Waals surface area contributed by atoms with Crippen molar-refractivity contribution in [1.82, 2.24) is 0 Å². The SMILES string of the molecule is CC(=O)C1CC2=C(C=CCC2(C)C)CC1C. The standard InChI is InChI=1S/C15H22O/c1-10-8-12-6-5-7-15(3,4)14(12)9-13(10)11(2)16/h5-6,10,13H,7-9H2,1-4H3. The third kappa shape index (κ3) is 1.88. The van der Waals surface area contributed by atoms with Crippen LogP contribution in [0.2, 0.25) is 0 Å². The molecule has 0 saturated carbocycles. The largest absolute Gasteiger partial charge is 0.300 e. The van der Waals surface area contributed by atoms with Crippen LogP contribution in [-0.2, 0) is 4.79 Å². The third-order valence-corrected chi connectivity index (χ3v) is 4.33. The van der Waals surface area contributed by atoms with E-state index >= 15 is 0 Å². The van der Waals surface area contributed by atoms with E-state index in [4.69, 9.17) is 0 Å². The minimum absolute atomic E-state index is 0.254. The molecule has 0 radical (unpaired) electrons. The van der Waals surface area contributed by atoms with Gasteiger partial charge in [-0.25, -0.2) is 0 Å². The zero-order valence-corrected chi connectivity index (χ0v) is 10.8. The van der Waals surface area contributed by atoms with E-state index < -0.39 is 0 Å². The summed E-state index contributed by atoms with van der Waals surface area (Å²) in [5.41, 5.74) is 3.30. The molecule has 2 rings (SSSR count). The first kappa shape index (κ1) is 11.6. The third-order valence-electron chi connectivity index (χ3n) is 4.33. The second-order valence-corrected chi connectivity index (χ2v) is 6.10. The van der Waals surface area contributed by atoms with Crippen LogP contribution in [0, 0.1) is 17.3 Å². The van der Waals surface area contributed by atoms with Crippen molar-refractivity contribution in [2.24, 2.45) is 17.3 Å². The van der Waals surface area contributed by atoms with E-state index in [0.717, 1.165) is 19.3 Å². The summed E-state index contributed by atoms with van der Waals surface area (Å²) in [4.78, 5) is 11.7. The monoisotopic (exact) mass is 218 g/mol. The zero-order chi connectivity index (χ0) is 11.9. The molecule has 0 aliphatic heterocycles. The second kappa shape index (κ2) is 3.87. The van der Waals surface area contributed by atoms with Crippen LogP contribution >= 0.6 is 0 Å². The van der Waals surface area contributed by atoms with Crippen molar-refractivity contribution < 1.29 is 4.79 Å². The Morgan fingerprint density at radius 1 is 1.38 bits per heavy atom. The first-order valence-corrected chi connectivity index (χ1v) is 6.31. The highest BCUT2D eigenvalue weighted by Crippen LogP contribution is 2.47. The Balaban J connectivity index is 2.34. The highest BCUT2D eigenvalue weighted by molar-refractivity contribution is 5.79. The number of allylic oxidation sites excluding steroid dienone is 4. The molecule has 2 atom stereocenters. The molecular formula is C15H22O. The van der Waals surface area contributed by atoms with E-state index in [1.807, 2.05) is 0 Å². The van der Waals surface area contributed by atoms with Crippen molar-refractivity contribution in [1.29, 1.82) is 0 Å². The summed E-state index contributed by atoms with van der Waals surface area (Å²) in [7, 11) is 0. The van der Waals surface area contributed by atoms with Gasteiger partial charge in [0.25, 0.3) is 0 Å². The molecule has 2 unspecified atom stereocenters. The molecule has 0 spiro atoms. The van der Waals surface area contributed by atoms with Crippen molar-refractivity contribution in [2.75, 3.05) is 0 Å². The molecule has 88 valence electrons. The predicted octanol–water partition coefficient (Wildman–Crippen LogP) is 3.90. The fraction of sp³-hybridized carbons (Fsp3) is 0.667. The average molecular weight is 218 g/mol. The topological polar surface area (TPSA) is 17.1 Å². The molecule has 1 heteroatoms. The number of hydrogen-bond donors (Lipinski definition) is 0. The van der Waals surface area contributed by atoms with Gasteiger partial charge in [-0.1, -0.05) is 38.5 Å². The van der Waals surface area contributed by atoms with Crippen molar-refractivity contribution in [3.8, 4) is 0 Å². The van der Waals surface area contributed by atoms with Gasteiger partial charge in [0.05, 0.1) is 0 Å². The van der Waals surface area contributed by atoms with Crippen LogP contribution in [0.5, 0.6) is 0 Å². The number of rotatable bonds is 1. The van der Waals surface area contributed by atoms with E-state index in [1.54, 1.807) is 6.92 Å². The first-order valence-electron chi connectivity index (χ1n) is 6.31. The lowest BCUT2D eigenvalue weighted by molar-refractivity contribution is -0.122. The summed E-state index contributed by atoms with van der Waals surface area (Å²) in [6.07, 6.45) is 7.76. The van der Waals surface area contributed by atoms with Crippen molar-refractivity contribution in [2.45, 2.75) is 47.0 Å². The molecule has 0 aromatic heterocycles. The van der Waals surface area contributed by atoms with Gasteiger partial charge in [-0.2, -0.15) is 0 Å². The summed E-state index contributed by atoms with van der Waals surface area (Å²) < 4.78 is 0. The maximum Gasteiger partial charge on any atom is 0.133 e. The molecule has 0 aromatic carbocycles. The van der Waals surface area contributed by atoms with Gasteiger partial charge in [-0.3, -0.25) is 4.79 Å². The van der Waals surface area contributed by atoms with E-state index in [1.165, 1.54) is 11.1 Å². The smallest absolute Gasteiger partial charge is 0.133 e. The lowest BCUT2D eigenvalue weighted by Crippen LogP contribution is -2.31. The van der Waals surface area contributed by atoms with Gasteiger partial charge in [-0.15, -0.1) is 0 Å². The van der Waals surface area contributed by atoms with E-state index in [-0.39, 0.29) is 11.3 Å². The van der Waals surface area contributed by atoms with Crippen LogP contribution in [-0.4, -0.2) is 5.78 Å².